The van der Waals surface area contributed by atoms with Gasteiger partial charge in [0, 0.05) is 18.5 Å². The fourth-order valence-electron chi connectivity index (χ4n) is 2.55. The molecule has 0 aromatic carbocycles. The van der Waals surface area contributed by atoms with E-state index < -0.39 is 0 Å². The van der Waals surface area contributed by atoms with E-state index in [1.54, 1.807) is 0 Å². The van der Waals surface area contributed by atoms with Gasteiger partial charge in [-0.05, 0) is 12.3 Å². The summed E-state index contributed by atoms with van der Waals surface area (Å²) in [5.41, 5.74) is -0.328. The molecule has 1 saturated heterocycles. The Kier molecular flexibility index (Phi) is 4.95. The lowest BCUT2D eigenvalue weighted by Crippen LogP contribution is -2.51. The molecule has 1 amide bonds. The summed E-state index contributed by atoms with van der Waals surface area (Å²) in [5.74, 6) is 0.677. The van der Waals surface area contributed by atoms with Gasteiger partial charge in [-0.1, -0.05) is 27.7 Å². The van der Waals surface area contributed by atoms with E-state index in [0.717, 1.165) is 6.42 Å². The zero-order valence-electron chi connectivity index (χ0n) is 11.4. The molecule has 0 spiro atoms. The van der Waals surface area contributed by atoms with E-state index in [2.05, 4.69) is 13.8 Å². The zero-order valence-corrected chi connectivity index (χ0v) is 11.4. The van der Waals surface area contributed by atoms with Crippen molar-refractivity contribution in [3.05, 3.63) is 0 Å². The number of rotatable bonds is 4. The Bertz CT molecular complexity index is 263. The molecule has 0 aromatic rings. The first-order valence-corrected chi connectivity index (χ1v) is 6.38. The van der Waals surface area contributed by atoms with Gasteiger partial charge in [0.15, 0.2) is 0 Å². The minimum Gasteiger partial charge on any atom is -0.394 e. The maximum Gasteiger partial charge on any atom is 0.228 e. The Balaban J connectivity index is 2.62. The van der Waals surface area contributed by atoms with Crippen LogP contribution in [0.3, 0.4) is 0 Å². The van der Waals surface area contributed by atoms with E-state index in [-0.39, 0.29) is 24.0 Å². The first-order chi connectivity index (χ1) is 7.86. The van der Waals surface area contributed by atoms with Crippen molar-refractivity contribution in [1.82, 2.24) is 4.90 Å². The van der Waals surface area contributed by atoms with Gasteiger partial charge in [-0.15, -0.1) is 0 Å². The molecular formula is C13H25NO3. The lowest BCUT2D eigenvalue weighted by molar-refractivity contribution is -0.150. The molecule has 4 nitrogen and oxygen atoms in total. The molecule has 1 heterocycles. The summed E-state index contributed by atoms with van der Waals surface area (Å²) >= 11 is 0. The number of aliphatic hydroxyl groups is 1. The molecule has 4 heteroatoms. The van der Waals surface area contributed by atoms with Crippen molar-refractivity contribution < 1.29 is 14.6 Å². The molecule has 1 N–H and O–H groups in total. The first-order valence-electron chi connectivity index (χ1n) is 6.38. The maximum atomic E-state index is 12.4. The molecule has 1 fully saturated rings. The van der Waals surface area contributed by atoms with Gasteiger partial charge in [0.1, 0.15) is 0 Å². The van der Waals surface area contributed by atoms with Crippen molar-refractivity contribution >= 4 is 5.91 Å². The van der Waals surface area contributed by atoms with Crippen LogP contribution in [0.15, 0.2) is 0 Å². The van der Waals surface area contributed by atoms with Crippen LogP contribution in [0.2, 0.25) is 0 Å². The maximum absolute atomic E-state index is 12.4. The monoisotopic (exact) mass is 243 g/mol. The van der Waals surface area contributed by atoms with Crippen LogP contribution in [-0.2, 0) is 9.53 Å². The highest BCUT2D eigenvalue weighted by molar-refractivity contribution is 5.82. The largest absolute Gasteiger partial charge is 0.394 e. The van der Waals surface area contributed by atoms with Gasteiger partial charge >= 0.3 is 0 Å². The Hall–Kier alpha value is -0.610. The van der Waals surface area contributed by atoms with Crippen LogP contribution in [-0.4, -0.2) is 48.3 Å². The van der Waals surface area contributed by atoms with Crippen molar-refractivity contribution in [2.45, 2.75) is 40.2 Å². The quantitative estimate of drug-likeness (QED) is 0.809. The van der Waals surface area contributed by atoms with Crippen LogP contribution in [0.4, 0.5) is 0 Å². The average Bonchev–Trinajstić information content (AvgIpc) is 2.26. The lowest BCUT2D eigenvalue weighted by atomic mass is 9.82. The summed E-state index contributed by atoms with van der Waals surface area (Å²) in [4.78, 5) is 14.2. The molecule has 0 bridgehead atoms. The van der Waals surface area contributed by atoms with Crippen LogP contribution >= 0.6 is 0 Å². The fraction of sp³-hybridized carbons (Fsp3) is 0.923. The number of aliphatic hydroxyl groups excluding tert-OH is 1. The van der Waals surface area contributed by atoms with Gasteiger partial charge in [-0.3, -0.25) is 4.79 Å². The standard InChI is InChI=1S/C13H25NO3/c1-10(2)7-13(3,4)12(16)14-5-6-17-11(8-14)9-15/h10-11,15H,5-9H2,1-4H3. The zero-order chi connectivity index (χ0) is 13.1. The minimum atomic E-state index is -0.328. The summed E-state index contributed by atoms with van der Waals surface area (Å²) in [7, 11) is 0. The topological polar surface area (TPSA) is 49.8 Å². The normalized spacial score (nSPS) is 22.0. The molecular weight excluding hydrogens is 218 g/mol. The fourth-order valence-corrected chi connectivity index (χ4v) is 2.55. The summed E-state index contributed by atoms with van der Waals surface area (Å²) in [6.45, 7) is 9.91. The molecule has 1 aliphatic rings. The van der Waals surface area contributed by atoms with Crippen molar-refractivity contribution in [3.8, 4) is 0 Å². The number of nitrogens with zero attached hydrogens (tertiary/aromatic N) is 1. The van der Waals surface area contributed by atoms with Crippen LogP contribution in [0, 0.1) is 11.3 Å². The van der Waals surface area contributed by atoms with Crippen LogP contribution in [0.5, 0.6) is 0 Å². The first kappa shape index (κ1) is 14.5. The molecule has 1 rings (SSSR count). The van der Waals surface area contributed by atoms with Crippen LogP contribution in [0.1, 0.15) is 34.1 Å². The highest BCUT2D eigenvalue weighted by Crippen LogP contribution is 2.28. The van der Waals surface area contributed by atoms with Gasteiger partial charge in [-0.25, -0.2) is 0 Å². The Labute approximate surface area is 104 Å². The lowest BCUT2D eigenvalue weighted by Gasteiger charge is -2.37. The van der Waals surface area contributed by atoms with Crippen molar-refractivity contribution in [2.24, 2.45) is 11.3 Å². The second-order valence-electron chi connectivity index (χ2n) is 5.91. The van der Waals surface area contributed by atoms with E-state index in [4.69, 9.17) is 9.84 Å². The van der Waals surface area contributed by atoms with Gasteiger partial charge < -0.3 is 14.7 Å². The number of carbonyl (C=O) groups is 1. The van der Waals surface area contributed by atoms with Crippen molar-refractivity contribution in [2.75, 3.05) is 26.3 Å². The van der Waals surface area contributed by atoms with E-state index >= 15 is 0 Å². The summed E-state index contributed by atoms with van der Waals surface area (Å²) < 4.78 is 5.36. The Morgan fingerprint density at radius 3 is 2.71 bits per heavy atom. The van der Waals surface area contributed by atoms with E-state index in [0.29, 0.717) is 25.6 Å². The van der Waals surface area contributed by atoms with Gasteiger partial charge in [-0.2, -0.15) is 0 Å². The SMILES string of the molecule is CC(C)CC(C)(C)C(=O)N1CCOC(CO)C1. The van der Waals surface area contributed by atoms with E-state index in [1.165, 1.54) is 0 Å². The van der Waals surface area contributed by atoms with Crippen LogP contribution in [0.25, 0.3) is 0 Å². The number of morpholine rings is 1. The van der Waals surface area contributed by atoms with Crippen LogP contribution < -0.4 is 0 Å². The smallest absolute Gasteiger partial charge is 0.228 e. The highest BCUT2D eigenvalue weighted by atomic mass is 16.5. The van der Waals surface area contributed by atoms with E-state index in [1.807, 2.05) is 18.7 Å². The third-order valence-electron chi connectivity index (χ3n) is 3.13. The number of carbonyl (C=O) groups excluding carboxylic acids is 1. The number of ether oxygens (including phenoxy) is 1. The molecule has 0 aromatic heterocycles. The molecule has 17 heavy (non-hydrogen) atoms. The average molecular weight is 243 g/mol. The Morgan fingerprint density at radius 1 is 1.53 bits per heavy atom. The second kappa shape index (κ2) is 5.83. The van der Waals surface area contributed by atoms with Crippen molar-refractivity contribution in [3.63, 3.8) is 0 Å². The summed E-state index contributed by atoms with van der Waals surface area (Å²) in [5, 5.41) is 9.08. The third kappa shape index (κ3) is 3.96. The predicted octanol–water partition coefficient (Wildman–Crippen LogP) is 1.28. The summed E-state index contributed by atoms with van der Waals surface area (Å²) in [6.07, 6.45) is 0.662. The molecule has 0 radical (unpaired) electrons. The number of hydrogen-bond acceptors (Lipinski definition) is 3. The van der Waals surface area contributed by atoms with Gasteiger partial charge in [0.2, 0.25) is 5.91 Å². The minimum absolute atomic E-state index is 0.0195. The van der Waals surface area contributed by atoms with Gasteiger partial charge in [0.05, 0.1) is 19.3 Å². The van der Waals surface area contributed by atoms with Crippen molar-refractivity contribution in [1.29, 1.82) is 0 Å². The van der Waals surface area contributed by atoms with E-state index in [9.17, 15) is 4.79 Å². The molecule has 0 aliphatic carbocycles. The molecule has 0 saturated carbocycles. The Morgan fingerprint density at radius 2 is 2.18 bits per heavy atom. The molecule has 1 aliphatic heterocycles. The third-order valence-corrected chi connectivity index (χ3v) is 3.13. The molecule has 1 atom stereocenters. The van der Waals surface area contributed by atoms with Gasteiger partial charge in [0.25, 0.3) is 0 Å². The second-order valence-corrected chi connectivity index (χ2v) is 5.91. The number of hydrogen-bond donors (Lipinski definition) is 1. The summed E-state index contributed by atoms with van der Waals surface area (Å²) in [6, 6.07) is 0. The predicted molar refractivity (Wildman–Crippen MR) is 66.6 cm³/mol. The molecule has 100 valence electrons. The number of amides is 1. The highest BCUT2D eigenvalue weighted by Gasteiger charge is 2.34. The molecule has 1 unspecified atom stereocenters.